The van der Waals surface area contributed by atoms with E-state index in [1.807, 2.05) is 36.1 Å². The Labute approximate surface area is 156 Å². The molecule has 0 radical (unpaired) electrons. The Hall–Kier alpha value is -1.15. The molecule has 0 aromatic heterocycles. The van der Waals surface area contributed by atoms with Crippen molar-refractivity contribution in [3.8, 4) is 0 Å². The summed E-state index contributed by atoms with van der Waals surface area (Å²) in [5.74, 6) is -0.745. The Morgan fingerprint density at radius 1 is 1.24 bits per heavy atom. The van der Waals surface area contributed by atoms with Crippen molar-refractivity contribution in [3.05, 3.63) is 35.4 Å². The van der Waals surface area contributed by atoms with E-state index in [0.29, 0.717) is 32.5 Å². The second kappa shape index (κ2) is 9.52. The van der Waals surface area contributed by atoms with Crippen LogP contribution in [0.3, 0.4) is 0 Å². The van der Waals surface area contributed by atoms with Gasteiger partial charge in [0.15, 0.2) is 0 Å². The molecular weight excluding hydrogens is 364 g/mol. The van der Waals surface area contributed by atoms with Gasteiger partial charge >= 0.3 is 5.97 Å². The van der Waals surface area contributed by atoms with Crippen LogP contribution in [0.2, 0.25) is 0 Å². The zero-order valence-electron chi connectivity index (χ0n) is 14.7. The first-order valence-corrected chi connectivity index (χ1v) is 9.92. The van der Waals surface area contributed by atoms with Gasteiger partial charge in [-0.2, -0.15) is 0 Å². The van der Waals surface area contributed by atoms with E-state index in [0.717, 1.165) is 5.56 Å². The number of benzene rings is 1. The number of halogens is 1. The minimum atomic E-state index is -3.16. The van der Waals surface area contributed by atoms with Crippen LogP contribution in [-0.2, 0) is 21.4 Å². The average molecular weight is 391 g/mol. The highest BCUT2D eigenvalue weighted by atomic mass is 35.5. The van der Waals surface area contributed by atoms with Gasteiger partial charge in [-0.15, -0.1) is 12.4 Å². The first kappa shape index (κ1) is 21.9. The van der Waals surface area contributed by atoms with Gasteiger partial charge in [0.2, 0.25) is 10.0 Å². The normalized spacial score (nSPS) is 16.6. The van der Waals surface area contributed by atoms with Crippen LogP contribution in [-0.4, -0.2) is 60.1 Å². The molecule has 1 N–H and O–H groups in total. The Bertz CT molecular complexity index is 656. The van der Waals surface area contributed by atoms with E-state index in [1.54, 1.807) is 6.92 Å². The molecule has 0 saturated carbocycles. The molecule has 142 valence electrons. The summed E-state index contributed by atoms with van der Waals surface area (Å²) in [5, 5.41) is 9.21. The number of nitrogens with zero attached hydrogens (tertiary/aromatic N) is 2. The molecule has 2 rings (SSSR count). The number of carboxylic acid groups (broad SMARTS) is 1. The van der Waals surface area contributed by atoms with E-state index in [4.69, 9.17) is 0 Å². The number of hydrogen-bond acceptors (Lipinski definition) is 4. The van der Waals surface area contributed by atoms with E-state index < -0.39 is 16.0 Å². The van der Waals surface area contributed by atoms with Crippen LogP contribution in [0, 0.1) is 6.92 Å². The maximum absolute atomic E-state index is 11.9. The first-order chi connectivity index (χ1) is 11.3. The number of aliphatic carboxylic acids is 1. The van der Waals surface area contributed by atoms with Gasteiger partial charge in [0.25, 0.3) is 0 Å². The molecule has 1 fully saturated rings. The third kappa shape index (κ3) is 6.26. The fraction of sp³-hybridized carbons (Fsp3) is 0.588. The van der Waals surface area contributed by atoms with E-state index in [-0.39, 0.29) is 30.7 Å². The summed E-state index contributed by atoms with van der Waals surface area (Å²) >= 11 is 0. The molecule has 1 aliphatic heterocycles. The SMILES string of the molecule is CCS(=O)(=O)N1CCC(N(CC(=O)O)Cc2ccc(C)cc2)CC1.Cl. The van der Waals surface area contributed by atoms with Gasteiger partial charge in [-0.3, -0.25) is 9.69 Å². The highest BCUT2D eigenvalue weighted by Crippen LogP contribution is 2.21. The number of piperidine rings is 1. The maximum Gasteiger partial charge on any atom is 0.317 e. The monoisotopic (exact) mass is 390 g/mol. The molecule has 1 saturated heterocycles. The molecule has 0 spiro atoms. The number of aryl methyl sites for hydroxylation is 1. The van der Waals surface area contributed by atoms with Crippen molar-refractivity contribution < 1.29 is 18.3 Å². The van der Waals surface area contributed by atoms with Crippen LogP contribution in [0.1, 0.15) is 30.9 Å². The Morgan fingerprint density at radius 2 is 1.80 bits per heavy atom. The van der Waals surface area contributed by atoms with Crippen LogP contribution in [0.15, 0.2) is 24.3 Å². The predicted octanol–water partition coefficient (Wildman–Crippen LogP) is 2.12. The first-order valence-electron chi connectivity index (χ1n) is 8.31. The topological polar surface area (TPSA) is 77.9 Å². The Balaban J connectivity index is 0.00000312. The second-order valence-electron chi connectivity index (χ2n) is 6.32. The highest BCUT2D eigenvalue weighted by molar-refractivity contribution is 7.89. The van der Waals surface area contributed by atoms with Crippen molar-refractivity contribution in [2.24, 2.45) is 0 Å². The summed E-state index contributed by atoms with van der Waals surface area (Å²) in [5.41, 5.74) is 2.24. The molecule has 25 heavy (non-hydrogen) atoms. The molecule has 0 amide bonds. The van der Waals surface area contributed by atoms with E-state index in [2.05, 4.69) is 0 Å². The molecule has 1 aromatic rings. The van der Waals surface area contributed by atoms with E-state index in [9.17, 15) is 18.3 Å². The lowest BCUT2D eigenvalue weighted by atomic mass is 10.0. The minimum absolute atomic E-state index is 0. The molecule has 0 aliphatic carbocycles. The van der Waals surface area contributed by atoms with Crippen molar-refractivity contribution in [2.75, 3.05) is 25.4 Å². The zero-order chi connectivity index (χ0) is 17.7. The van der Waals surface area contributed by atoms with Gasteiger partial charge in [0.1, 0.15) is 0 Å². The summed E-state index contributed by atoms with van der Waals surface area (Å²) in [4.78, 5) is 13.2. The third-order valence-corrected chi connectivity index (χ3v) is 6.42. The number of sulfonamides is 1. The van der Waals surface area contributed by atoms with Crippen LogP contribution in [0.5, 0.6) is 0 Å². The lowest BCUT2D eigenvalue weighted by Crippen LogP contribution is -2.48. The molecule has 1 aliphatic rings. The predicted molar refractivity (Wildman–Crippen MR) is 101 cm³/mol. The van der Waals surface area contributed by atoms with Gasteiger partial charge in [-0.25, -0.2) is 12.7 Å². The van der Waals surface area contributed by atoms with Gasteiger partial charge in [0.05, 0.1) is 12.3 Å². The van der Waals surface area contributed by atoms with E-state index >= 15 is 0 Å². The van der Waals surface area contributed by atoms with Crippen molar-refractivity contribution >= 4 is 28.4 Å². The molecule has 0 bridgehead atoms. The fourth-order valence-corrected chi connectivity index (χ4v) is 4.22. The number of hydrogen-bond donors (Lipinski definition) is 1. The zero-order valence-corrected chi connectivity index (χ0v) is 16.4. The number of rotatable bonds is 7. The standard InChI is InChI=1S/C17H26N2O4S.ClH/c1-3-24(22,23)19-10-8-16(9-11-19)18(13-17(20)21)12-15-6-4-14(2)5-7-15;/h4-7,16H,3,8-13H2,1-2H3,(H,20,21);1H. The highest BCUT2D eigenvalue weighted by Gasteiger charge is 2.30. The van der Waals surface area contributed by atoms with Crippen molar-refractivity contribution in [1.29, 1.82) is 0 Å². The number of carboxylic acids is 1. The summed E-state index contributed by atoms with van der Waals surface area (Å²) in [7, 11) is -3.16. The molecule has 1 aromatic carbocycles. The van der Waals surface area contributed by atoms with Crippen molar-refractivity contribution in [3.63, 3.8) is 0 Å². The molecular formula is C17H27ClN2O4S. The van der Waals surface area contributed by atoms with Crippen LogP contribution >= 0.6 is 12.4 Å². The third-order valence-electron chi connectivity index (χ3n) is 4.54. The maximum atomic E-state index is 11.9. The van der Waals surface area contributed by atoms with Gasteiger partial charge in [-0.05, 0) is 32.3 Å². The summed E-state index contributed by atoms with van der Waals surface area (Å²) in [6.07, 6.45) is 1.33. The Kier molecular flexibility index (Phi) is 8.34. The largest absolute Gasteiger partial charge is 0.480 e. The van der Waals surface area contributed by atoms with Crippen molar-refractivity contribution in [1.82, 2.24) is 9.21 Å². The molecule has 6 nitrogen and oxygen atoms in total. The lowest BCUT2D eigenvalue weighted by Gasteiger charge is -2.37. The van der Waals surface area contributed by atoms with Crippen LogP contribution in [0.25, 0.3) is 0 Å². The Morgan fingerprint density at radius 3 is 2.28 bits per heavy atom. The quantitative estimate of drug-likeness (QED) is 0.771. The average Bonchev–Trinajstić information content (AvgIpc) is 2.56. The van der Waals surface area contributed by atoms with Crippen LogP contribution < -0.4 is 0 Å². The second-order valence-corrected chi connectivity index (χ2v) is 8.57. The van der Waals surface area contributed by atoms with Gasteiger partial charge in [-0.1, -0.05) is 29.8 Å². The fourth-order valence-electron chi connectivity index (χ4n) is 3.08. The lowest BCUT2D eigenvalue weighted by molar-refractivity contribution is -0.139. The van der Waals surface area contributed by atoms with E-state index in [1.165, 1.54) is 9.87 Å². The molecule has 0 atom stereocenters. The molecule has 8 heteroatoms. The molecule has 1 heterocycles. The number of carbonyl (C=O) groups is 1. The van der Waals surface area contributed by atoms with Crippen LogP contribution in [0.4, 0.5) is 0 Å². The summed E-state index contributed by atoms with van der Waals surface area (Å²) in [6.45, 7) is 5.13. The van der Waals surface area contributed by atoms with Crippen molar-refractivity contribution in [2.45, 2.75) is 39.3 Å². The summed E-state index contributed by atoms with van der Waals surface area (Å²) < 4.78 is 25.4. The van der Waals surface area contributed by atoms with Gasteiger partial charge in [0, 0.05) is 25.7 Å². The smallest absolute Gasteiger partial charge is 0.317 e. The van der Waals surface area contributed by atoms with Gasteiger partial charge < -0.3 is 5.11 Å². The minimum Gasteiger partial charge on any atom is -0.480 e. The summed E-state index contributed by atoms with van der Waals surface area (Å²) in [6, 6.07) is 8.16. The molecule has 0 unspecified atom stereocenters.